The molecule has 2 atom stereocenters. The number of nitrogens with zero attached hydrogens (tertiary/aromatic N) is 2. The van der Waals surface area contributed by atoms with E-state index in [9.17, 15) is 14.7 Å². The lowest BCUT2D eigenvalue weighted by Gasteiger charge is -2.33. The van der Waals surface area contributed by atoms with Crippen molar-refractivity contribution in [1.82, 2.24) is 4.90 Å². The molecule has 2 saturated heterocycles. The van der Waals surface area contributed by atoms with Crippen LogP contribution in [-0.2, 0) is 20.7 Å². The monoisotopic (exact) mass is 346 g/mol. The minimum absolute atomic E-state index is 0.0340. The molecular weight excluding hydrogens is 320 g/mol. The second-order valence-electron chi connectivity index (χ2n) is 7.32. The first-order valence-electron chi connectivity index (χ1n) is 8.77. The van der Waals surface area contributed by atoms with Crippen molar-refractivity contribution in [2.24, 2.45) is 11.3 Å². The van der Waals surface area contributed by atoms with Crippen LogP contribution in [-0.4, -0.2) is 62.3 Å². The lowest BCUT2D eigenvalue weighted by Crippen LogP contribution is -2.45. The van der Waals surface area contributed by atoms with Gasteiger partial charge in [-0.05, 0) is 30.5 Å². The molecule has 0 unspecified atom stereocenters. The van der Waals surface area contributed by atoms with E-state index in [-0.39, 0.29) is 11.8 Å². The lowest BCUT2D eigenvalue weighted by atomic mass is 9.74. The van der Waals surface area contributed by atoms with Crippen molar-refractivity contribution >= 4 is 17.6 Å². The van der Waals surface area contributed by atoms with E-state index < -0.39 is 11.4 Å². The molecule has 6 heteroatoms. The number of hydrogen-bond donors (Lipinski definition) is 1. The third-order valence-corrected chi connectivity index (χ3v) is 5.57. The predicted octanol–water partition coefficient (Wildman–Crippen LogP) is 1.63. The van der Waals surface area contributed by atoms with Gasteiger partial charge in [0.25, 0.3) is 0 Å². The normalized spacial score (nSPS) is 25.5. The number of carboxylic acid groups (broad SMARTS) is 1. The Hall–Kier alpha value is -2.08. The van der Waals surface area contributed by atoms with Gasteiger partial charge in [0.2, 0.25) is 5.91 Å². The standard InChI is InChI=1S/C19H26N2O4/c1-20(2)16-6-3-14(4-7-16)5-8-17(22)21-11-15-12-25-10-9-19(15,13-21)18(23)24/h3-4,6-7,15H,5,8-13H2,1-2H3,(H,23,24)/t15-,19+/m1/s1. The van der Waals surface area contributed by atoms with Gasteiger partial charge in [0.15, 0.2) is 0 Å². The molecule has 0 saturated carbocycles. The molecule has 136 valence electrons. The van der Waals surface area contributed by atoms with E-state index in [4.69, 9.17) is 4.74 Å². The maximum atomic E-state index is 12.6. The molecule has 6 nitrogen and oxygen atoms in total. The summed E-state index contributed by atoms with van der Waals surface area (Å²) in [5.41, 5.74) is 1.43. The Bertz CT molecular complexity index is 643. The smallest absolute Gasteiger partial charge is 0.311 e. The highest BCUT2D eigenvalue weighted by Crippen LogP contribution is 2.42. The van der Waals surface area contributed by atoms with Gasteiger partial charge in [-0.2, -0.15) is 0 Å². The second-order valence-corrected chi connectivity index (χ2v) is 7.32. The van der Waals surface area contributed by atoms with Gasteiger partial charge in [-0.1, -0.05) is 12.1 Å². The molecule has 25 heavy (non-hydrogen) atoms. The fourth-order valence-electron chi connectivity index (χ4n) is 3.86. The number of amides is 1. The molecule has 1 aromatic rings. The molecule has 2 aliphatic rings. The van der Waals surface area contributed by atoms with E-state index >= 15 is 0 Å². The molecule has 0 aliphatic carbocycles. The Labute approximate surface area is 148 Å². The highest BCUT2D eigenvalue weighted by molar-refractivity contribution is 5.81. The Morgan fingerprint density at radius 3 is 2.64 bits per heavy atom. The SMILES string of the molecule is CN(C)c1ccc(CCC(=O)N2C[C@@H]3COCC[C@]3(C(=O)O)C2)cc1. The number of rotatable bonds is 5. The van der Waals surface area contributed by atoms with E-state index in [1.54, 1.807) is 4.90 Å². The number of carbonyl (C=O) groups is 2. The maximum absolute atomic E-state index is 12.6. The number of aliphatic carboxylic acids is 1. The number of aryl methyl sites for hydroxylation is 1. The number of benzene rings is 1. The van der Waals surface area contributed by atoms with Crippen LogP contribution in [0.15, 0.2) is 24.3 Å². The number of anilines is 1. The third-order valence-electron chi connectivity index (χ3n) is 5.57. The third kappa shape index (κ3) is 3.49. The van der Waals surface area contributed by atoms with Crippen LogP contribution >= 0.6 is 0 Å². The van der Waals surface area contributed by atoms with Gasteiger partial charge in [-0.25, -0.2) is 0 Å². The molecule has 2 heterocycles. The minimum atomic E-state index is -0.818. The number of likely N-dealkylation sites (tertiary alicyclic amines) is 1. The lowest BCUT2D eigenvalue weighted by molar-refractivity contribution is -0.157. The summed E-state index contributed by atoms with van der Waals surface area (Å²) in [6.07, 6.45) is 1.57. The number of hydrogen-bond acceptors (Lipinski definition) is 4. The van der Waals surface area contributed by atoms with Gasteiger partial charge in [0, 0.05) is 51.8 Å². The topological polar surface area (TPSA) is 70.1 Å². The van der Waals surface area contributed by atoms with E-state index in [0.29, 0.717) is 45.6 Å². The predicted molar refractivity (Wildman–Crippen MR) is 94.7 cm³/mol. The average molecular weight is 346 g/mol. The number of carboxylic acids is 1. The first-order chi connectivity index (χ1) is 11.9. The zero-order valence-corrected chi connectivity index (χ0v) is 14.9. The van der Waals surface area contributed by atoms with Crippen LogP contribution < -0.4 is 4.90 Å². The van der Waals surface area contributed by atoms with Gasteiger partial charge >= 0.3 is 5.97 Å². The molecule has 1 aromatic carbocycles. The summed E-state index contributed by atoms with van der Waals surface area (Å²) in [5, 5.41) is 9.68. The van der Waals surface area contributed by atoms with Crippen molar-refractivity contribution in [1.29, 1.82) is 0 Å². The van der Waals surface area contributed by atoms with Crippen molar-refractivity contribution in [3.8, 4) is 0 Å². The summed E-state index contributed by atoms with van der Waals surface area (Å²) in [4.78, 5) is 28.1. The molecule has 0 spiro atoms. The van der Waals surface area contributed by atoms with Crippen molar-refractivity contribution < 1.29 is 19.4 Å². The molecule has 1 amide bonds. The van der Waals surface area contributed by atoms with Crippen LogP contribution in [0.4, 0.5) is 5.69 Å². The van der Waals surface area contributed by atoms with Gasteiger partial charge in [0.1, 0.15) is 0 Å². The fourth-order valence-corrected chi connectivity index (χ4v) is 3.86. The highest BCUT2D eigenvalue weighted by atomic mass is 16.5. The Morgan fingerprint density at radius 2 is 2.04 bits per heavy atom. The minimum Gasteiger partial charge on any atom is -0.481 e. The molecule has 2 fully saturated rings. The molecule has 1 N–H and O–H groups in total. The van der Waals surface area contributed by atoms with Crippen LogP contribution in [0.25, 0.3) is 0 Å². The molecule has 0 radical (unpaired) electrons. The first-order valence-corrected chi connectivity index (χ1v) is 8.77. The van der Waals surface area contributed by atoms with E-state index in [1.807, 2.05) is 43.3 Å². The number of fused-ring (bicyclic) bond motifs is 1. The van der Waals surface area contributed by atoms with Crippen LogP contribution in [0, 0.1) is 11.3 Å². The van der Waals surface area contributed by atoms with Gasteiger partial charge in [-0.15, -0.1) is 0 Å². The number of ether oxygens (including phenoxy) is 1. The van der Waals surface area contributed by atoms with Gasteiger partial charge in [-0.3, -0.25) is 9.59 Å². The van der Waals surface area contributed by atoms with Gasteiger partial charge in [0.05, 0.1) is 12.0 Å². The summed E-state index contributed by atoms with van der Waals surface area (Å²) in [6, 6.07) is 8.17. The molecule has 0 aromatic heterocycles. The van der Waals surface area contributed by atoms with Crippen LogP contribution in [0.1, 0.15) is 18.4 Å². The maximum Gasteiger partial charge on any atom is 0.311 e. The Kier molecular flexibility index (Phi) is 4.99. The zero-order valence-electron chi connectivity index (χ0n) is 14.9. The summed E-state index contributed by atoms with van der Waals surface area (Å²) >= 11 is 0. The molecule has 2 aliphatic heterocycles. The van der Waals surface area contributed by atoms with Crippen molar-refractivity contribution in [2.45, 2.75) is 19.3 Å². The quantitative estimate of drug-likeness (QED) is 0.878. The summed E-state index contributed by atoms with van der Waals surface area (Å²) in [5.74, 6) is -0.857. The van der Waals surface area contributed by atoms with Crippen molar-refractivity contribution in [3.63, 3.8) is 0 Å². The van der Waals surface area contributed by atoms with Crippen molar-refractivity contribution in [3.05, 3.63) is 29.8 Å². The van der Waals surface area contributed by atoms with E-state index in [1.165, 1.54) is 0 Å². The largest absolute Gasteiger partial charge is 0.481 e. The summed E-state index contributed by atoms with van der Waals surface area (Å²) < 4.78 is 5.44. The number of carbonyl (C=O) groups excluding carboxylic acids is 1. The van der Waals surface area contributed by atoms with Gasteiger partial charge < -0.3 is 19.6 Å². The van der Waals surface area contributed by atoms with E-state index in [2.05, 4.69) is 0 Å². The molecule has 3 rings (SSSR count). The van der Waals surface area contributed by atoms with Crippen LogP contribution in [0.5, 0.6) is 0 Å². The Morgan fingerprint density at radius 1 is 1.32 bits per heavy atom. The highest BCUT2D eigenvalue weighted by Gasteiger charge is 2.54. The van der Waals surface area contributed by atoms with Crippen molar-refractivity contribution in [2.75, 3.05) is 45.3 Å². The molecule has 0 bridgehead atoms. The van der Waals surface area contributed by atoms with E-state index in [0.717, 1.165) is 11.3 Å². The summed E-state index contributed by atoms with van der Waals surface area (Å²) in [6.45, 7) is 1.70. The summed E-state index contributed by atoms with van der Waals surface area (Å²) in [7, 11) is 3.99. The Balaban J connectivity index is 1.59. The average Bonchev–Trinajstić information content (AvgIpc) is 3.01. The first kappa shape index (κ1) is 17.7. The van der Waals surface area contributed by atoms with Crippen LogP contribution in [0.3, 0.4) is 0 Å². The molecular formula is C19H26N2O4. The van der Waals surface area contributed by atoms with Crippen LogP contribution in [0.2, 0.25) is 0 Å². The zero-order chi connectivity index (χ0) is 18.0. The second kappa shape index (κ2) is 7.04. The fraction of sp³-hybridized carbons (Fsp3) is 0.579.